The fraction of sp³-hybridized carbons (Fsp3) is 0.500. The van der Waals surface area contributed by atoms with E-state index in [4.69, 9.17) is 4.74 Å². The van der Waals surface area contributed by atoms with E-state index in [2.05, 4.69) is 15.9 Å². The number of rotatable bonds is 1. The molecule has 1 aliphatic heterocycles. The predicted molar refractivity (Wildman–Crippen MR) is 72.5 cm³/mol. The van der Waals surface area contributed by atoms with Crippen molar-refractivity contribution in [3.8, 4) is 0 Å². The number of ether oxygens (including phenoxy) is 1. The van der Waals surface area contributed by atoms with Gasteiger partial charge in [0.1, 0.15) is 5.82 Å². The molecule has 1 saturated carbocycles. The van der Waals surface area contributed by atoms with Crippen LogP contribution in [-0.2, 0) is 4.74 Å². The molecule has 0 N–H and O–H groups in total. The van der Waals surface area contributed by atoms with Gasteiger partial charge in [-0.05, 0) is 53.4 Å². The summed E-state index contributed by atoms with van der Waals surface area (Å²) >= 11 is 3.10. The van der Waals surface area contributed by atoms with E-state index >= 15 is 0 Å². The van der Waals surface area contributed by atoms with Crippen molar-refractivity contribution >= 4 is 21.8 Å². The minimum atomic E-state index is -0.401. The third kappa shape index (κ3) is 2.41. The number of hydrogen-bond donors (Lipinski definition) is 0. The molecule has 1 amide bonds. The van der Waals surface area contributed by atoms with Crippen LogP contribution in [0, 0.1) is 5.82 Å². The number of carbonyl (C=O) groups excluding carboxylic acids is 1. The molecule has 102 valence electrons. The van der Waals surface area contributed by atoms with Crippen LogP contribution in [0.3, 0.4) is 0 Å². The Labute approximate surface area is 119 Å². The largest absolute Gasteiger partial charge is 0.374 e. The fourth-order valence-corrected chi connectivity index (χ4v) is 3.22. The molecule has 3 nitrogen and oxygen atoms in total. The third-order valence-corrected chi connectivity index (χ3v) is 4.55. The predicted octanol–water partition coefficient (Wildman–Crippen LogP) is 2.98. The molecule has 19 heavy (non-hydrogen) atoms. The number of carbonyl (C=O) groups is 1. The maximum absolute atomic E-state index is 13.5. The highest BCUT2D eigenvalue weighted by Crippen LogP contribution is 2.31. The molecule has 3 rings (SSSR count). The Balaban J connectivity index is 1.84. The van der Waals surface area contributed by atoms with E-state index in [0.717, 1.165) is 19.3 Å². The number of halogens is 2. The second kappa shape index (κ2) is 5.21. The van der Waals surface area contributed by atoms with E-state index in [1.807, 2.05) is 4.90 Å². The van der Waals surface area contributed by atoms with Crippen molar-refractivity contribution in [2.75, 3.05) is 13.2 Å². The van der Waals surface area contributed by atoms with Gasteiger partial charge in [0.15, 0.2) is 0 Å². The zero-order chi connectivity index (χ0) is 13.4. The first-order valence-corrected chi connectivity index (χ1v) is 7.34. The Hall–Kier alpha value is -0.940. The van der Waals surface area contributed by atoms with Gasteiger partial charge in [-0.25, -0.2) is 4.39 Å². The lowest BCUT2D eigenvalue weighted by Crippen LogP contribution is -2.51. The third-order valence-electron chi connectivity index (χ3n) is 3.91. The van der Waals surface area contributed by atoms with E-state index in [0.29, 0.717) is 23.2 Å². The first kappa shape index (κ1) is 13.1. The summed E-state index contributed by atoms with van der Waals surface area (Å²) in [4.78, 5) is 14.3. The number of morpholine rings is 1. The van der Waals surface area contributed by atoms with Crippen LogP contribution < -0.4 is 0 Å². The van der Waals surface area contributed by atoms with Crippen LogP contribution in [0.15, 0.2) is 22.7 Å². The molecule has 1 aromatic rings. The van der Waals surface area contributed by atoms with Crippen molar-refractivity contribution in [2.24, 2.45) is 0 Å². The second-order valence-corrected chi connectivity index (χ2v) is 5.89. The fourth-order valence-electron chi connectivity index (χ4n) is 2.97. The van der Waals surface area contributed by atoms with Crippen LogP contribution in [0.1, 0.15) is 29.6 Å². The molecule has 1 aromatic carbocycles. The summed E-state index contributed by atoms with van der Waals surface area (Å²) in [5, 5.41) is 0. The van der Waals surface area contributed by atoms with Gasteiger partial charge < -0.3 is 9.64 Å². The summed E-state index contributed by atoms with van der Waals surface area (Å²) < 4.78 is 19.6. The first-order valence-electron chi connectivity index (χ1n) is 6.54. The Bertz CT molecular complexity index is 508. The van der Waals surface area contributed by atoms with E-state index in [9.17, 15) is 9.18 Å². The summed E-state index contributed by atoms with van der Waals surface area (Å²) in [6.07, 6.45) is 3.25. The average molecular weight is 328 g/mol. The van der Waals surface area contributed by atoms with Crippen LogP contribution in [0.25, 0.3) is 0 Å². The van der Waals surface area contributed by atoms with Crippen LogP contribution in [0.2, 0.25) is 0 Å². The standard InChI is InChI=1S/C14H15BrFNO2/c15-10-5-4-9(8-11(10)16)14(18)17-6-7-19-13-3-1-2-12(13)17/h4-5,8,12-13H,1-3,6-7H2. The monoisotopic (exact) mass is 327 g/mol. The maximum Gasteiger partial charge on any atom is 0.254 e. The van der Waals surface area contributed by atoms with Gasteiger partial charge in [0.2, 0.25) is 0 Å². The molecule has 2 fully saturated rings. The number of hydrogen-bond acceptors (Lipinski definition) is 2. The van der Waals surface area contributed by atoms with E-state index in [1.54, 1.807) is 12.1 Å². The highest BCUT2D eigenvalue weighted by atomic mass is 79.9. The summed E-state index contributed by atoms with van der Waals surface area (Å²) in [7, 11) is 0. The molecule has 2 atom stereocenters. The van der Waals surface area contributed by atoms with Crippen LogP contribution in [0.5, 0.6) is 0 Å². The molecule has 2 aliphatic rings. The Kier molecular flexibility index (Phi) is 3.58. The molecule has 0 radical (unpaired) electrons. The molecule has 0 bridgehead atoms. The van der Waals surface area contributed by atoms with E-state index < -0.39 is 5.82 Å². The van der Waals surface area contributed by atoms with Crippen LogP contribution in [0.4, 0.5) is 4.39 Å². The second-order valence-electron chi connectivity index (χ2n) is 5.03. The zero-order valence-electron chi connectivity index (χ0n) is 10.4. The van der Waals surface area contributed by atoms with Crippen LogP contribution in [-0.4, -0.2) is 36.1 Å². The lowest BCUT2D eigenvalue weighted by atomic mass is 10.1. The van der Waals surface area contributed by atoms with E-state index in [1.165, 1.54) is 6.07 Å². The molecule has 0 spiro atoms. The van der Waals surface area contributed by atoms with Crippen molar-refractivity contribution in [1.29, 1.82) is 0 Å². The number of fused-ring (bicyclic) bond motifs is 1. The molecule has 0 aromatic heterocycles. The van der Waals surface area contributed by atoms with Crippen molar-refractivity contribution in [2.45, 2.75) is 31.4 Å². The van der Waals surface area contributed by atoms with Gasteiger partial charge in [-0.2, -0.15) is 0 Å². The number of amides is 1. The van der Waals surface area contributed by atoms with Crippen molar-refractivity contribution < 1.29 is 13.9 Å². The Morgan fingerprint density at radius 2 is 2.26 bits per heavy atom. The van der Waals surface area contributed by atoms with Gasteiger partial charge in [0.25, 0.3) is 5.91 Å². The first-order chi connectivity index (χ1) is 9.16. The minimum absolute atomic E-state index is 0.0911. The van der Waals surface area contributed by atoms with Gasteiger partial charge in [-0.1, -0.05) is 0 Å². The van der Waals surface area contributed by atoms with Crippen molar-refractivity contribution in [3.63, 3.8) is 0 Å². The lowest BCUT2D eigenvalue weighted by Gasteiger charge is -2.37. The van der Waals surface area contributed by atoms with Gasteiger partial charge in [-0.3, -0.25) is 4.79 Å². The normalized spacial score (nSPS) is 26.3. The van der Waals surface area contributed by atoms with Gasteiger partial charge in [-0.15, -0.1) is 0 Å². The summed E-state index contributed by atoms with van der Waals surface area (Å²) in [5.41, 5.74) is 0.410. The molecule has 1 heterocycles. The highest BCUT2D eigenvalue weighted by molar-refractivity contribution is 9.10. The summed E-state index contributed by atoms with van der Waals surface area (Å²) in [6.45, 7) is 1.17. The topological polar surface area (TPSA) is 29.5 Å². The Morgan fingerprint density at radius 3 is 3.05 bits per heavy atom. The van der Waals surface area contributed by atoms with Crippen molar-refractivity contribution in [3.05, 3.63) is 34.1 Å². The van der Waals surface area contributed by atoms with E-state index in [-0.39, 0.29) is 18.1 Å². The van der Waals surface area contributed by atoms with Crippen molar-refractivity contribution in [1.82, 2.24) is 4.90 Å². The van der Waals surface area contributed by atoms with Gasteiger partial charge in [0.05, 0.1) is 23.2 Å². The number of nitrogens with zero attached hydrogens (tertiary/aromatic N) is 1. The lowest BCUT2D eigenvalue weighted by molar-refractivity contribution is -0.0445. The van der Waals surface area contributed by atoms with Gasteiger partial charge in [0, 0.05) is 12.1 Å². The SMILES string of the molecule is O=C(c1ccc(Br)c(F)c1)N1CCOC2CCCC21. The molecule has 1 saturated heterocycles. The summed E-state index contributed by atoms with van der Waals surface area (Å²) in [6, 6.07) is 4.70. The Morgan fingerprint density at radius 1 is 1.42 bits per heavy atom. The average Bonchev–Trinajstić information content (AvgIpc) is 2.89. The maximum atomic E-state index is 13.5. The molecular weight excluding hydrogens is 313 g/mol. The van der Waals surface area contributed by atoms with Crippen LogP contribution >= 0.6 is 15.9 Å². The smallest absolute Gasteiger partial charge is 0.254 e. The summed E-state index contributed by atoms with van der Waals surface area (Å²) in [5.74, 6) is -0.492. The number of benzene rings is 1. The quantitative estimate of drug-likeness (QED) is 0.793. The van der Waals surface area contributed by atoms with Gasteiger partial charge >= 0.3 is 0 Å². The molecule has 1 aliphatic carbocycles. The molecule has 2 unspecified atom stereocenters. The zero-order valence-corrected chi connectivity index (χ0v) is 12.0. The highest BCUT2D eigenvalue weighted by Gasteiger charge is 2.38. The molecular formula is C14H15BrFNO2. The molecule has 5 heteroatoms. The minimum Gasteiger partial charge on any atom is -0.374 e.